The molecule has 0 saturated heterocycles. The quantitative estimate of drug-likeness (QED) is 0.709. The van der Waals surface area contributed by atoms with E-state index in [1.165, 1.54) is 0 Å². The van der Waals surface area contributed by atoms with Gasteiger partial charge in [-0.15, -0.1) is 0 Å². The van der Waals surface area contributed by atoms with Crippen molar-refractivity contribution in [3.63, 3.8) is 0 Å². The van der Waals surface area contributed by atoms with Crippen LogP contribution in [-0.4, -0.2) is 14.5 Å². The number of benzene rings is 1. The summed E-state index contributed by atoms with van der Waals surface area (Å²) in [5.41, 5.74) is 0.859. The molecule has 0 spiro atoms. The smallest absolute Gasteiger partial charge is 0.214 e. The zero-order chi connectivity index (χ0) is 14.7. The van der Waals surface area contributed by atoms with Crippen molar-refractivity contribution < 1.29 is 4.42 Å². The van der Waals surface area contributed by atoms with Crippen LogP contribution >= 0.6 is 11.6 Å². The van der Waals surface area contributed by atoms with Crippen LogP contribution < -0.4 is 0 Å². The van der Waals surface area contributed by atoms with Gasteiger partial charge in [0.25, 0.3) is 0 Å². The normalized spacial score (nSPS) is 11.0. The number of halogens is 1. The number of rotatable bonds is 5. The highest BCUT2D eigenvalue weighted by Crippen LogP contribution is 2.28. The Hall–Kier alpha value is -2.07. The summed E-state index contributed by atoms with van der Waals surface area (Å²) in [5, 5.41) is 0.662. The van der Waals surface area contributed by atoms with E-state index in [0.717, 1.165) is 24.2 Å². The summed E-state index contributed by atoms with van der Waals surface area (Å²) < 4.78 is 7.87. The molecule has 0 radical (unpaired) electrons. The van der Waals surface area contributed by atoms with E-state index in [2.05, 4.69) is 21.5 Å². The predicted octanol–water partition coefficient (Wildman–Crippen LogP) is 4.19. The lowest BCUT2D eigenvalue weighted by Crippen LogP contribution is -2.04. The molecule has 0 unspecified atom stereocenters. The highest BCUT2D eigenvalue weighted by Gasteiger charge is 2.11. The van der Waals surface area contributed by atoms with Gasteiger partial charge < -0.3 is 8.98 Å². The van der Waals surface area contributed by atoms with Crippen LogP contribution in [0.3, 0.4) is 0 Å². The van der Waals surface area contributed by atoms with Gasteiger partial charge in [-0.3, -0.25) is 0 Å². The van der Waals surface area contributed by atoms with Crippen molar-refractivity contribution in [3.8, 4) is 11.3 Å². The molecule has 108 valence electrons. The molecule has 5 heteroatoms. The molecule has 2 heterocycles. The summed E-state index contributed by atoms with van der Waals surface area (Å²) in [7, 11) is 0. The SMILES string of the molecule is CCCc1nccn1Cc1ncc(-c2ccccc2Cl)o1. The van der Waals surface area contributed by atoms with E-state index in [9.17, 15) is 0 Å². The third-order valence-electron chi connectivity index (χ3n) is 3.27. The minimum Gasteiger partial charge on any atom is -0.439 e. The minimum atomic E-state index is 0.583. The second-order valence-corrected chi connectivity index (χ2v) is 5.23. The summed E-state index contributed by atoms with van der Waals surface area (Å²) in [4.78, 5) is 8.69. The number of hydrogen-bond donors (Lipinski definition) is 0. The van der Waals surface area contributed by atoms with Crippen molar-refractivity contribution in [1.82, 2.24) is 14.5 Å². The van der Waals surface area contributed by atoms with E-state index in [4.69, 9.17) is 16.0 Å². The van der Waals surface area contributed by atoms with Gasteiger partial charge >= 0.3 is 0 Å². The van der Waals surface area contributed by atoms with E-state index >= 15 is 0 Å². The van der Waals surface area contributed by atoms with Crippen LogP contribution in [0.15, 0.2) is 47.3 Å². The maximum Gasteiger partial charge on any atom is 0.214 e. The number of hydrogen-bond acceptors (Lipinski definition) is 3. The Bertz CT molecular complexity index is 732. The predicted molar refractivity (Wildman–Crippen MR) is 82.3 cm³/mol. The van der Waals surface area contributed by atoms with Crippen LogP contribution in [0.4, 0.5) is 0 Å². The standard InChI is InChI=1S/C16H16ClN3O/c1-2-5-15-18-8-9-20(15)11-16-19-10-14(21-16)12-6-3-4-7-13(12)17/h3-4,6-10H,2,5,11H2,1H3. The first kappa shape index (κ1) is 13.9. The van der Waals surface area contributed by atoms with Gasteiger partial charge in [-0.1, -0.05) is 30.7 Å². The number of aryl methyl sites for hydroxylation is 1. The minimum absolute atomic E-state index is 0.583. The molecule has 0 saturated carbocycles. The number of oxazole rings is 1. The average Bonchev–Trinajstić information content (AvgIpc) is 3.11. The van der Waals surface area contributed by atoms with Crippen molar-refractivity contribution in [3.05, 3.63) is 59.6 Å². The fourth-order valence-corrected chi connectivity index (χ4v) is 2.48. The Morgan fingerprint density at radius 1 is 1.24 bits per heavy atom. The van der Waals surface area contributed by atoms with Crippen LogP contribution in [0.25, 0.3) is 11.3 Å². The average molecular weight is 302 g/mol. The lowest BCUT2D eigenvalue weighted by molar-refractivity contribution is 0.483. The summed E-state index contributed by atoms with van der Waals surface area (Å²) in [6, 6.07) is 7.59. The summed E-state index contributed by atoms with van der Waals surface area (Å²) in [6.07, 6.45) is 7.48. The molecular weight excluding hydrogens is 286 g/mol. The van der Waals surface area contributed by atoms with Gasteiger partial charge in [0.2, 0.25) is 5.89 Å². The molecule has 0 N–H and O–H groups in total. The first-order valence-electron chi connectivity index (χ1n) is 6.97. The van der Waals surface area contributed by atoms with Crippen molar-refractivity contribution in [2.45, 2.75) is 26.3 Å². The molecule has 2 aromatic heterocycles. The second-order valence-electron chi connectivity index (χ2n) is 4.82. The molecule has 4 nitrogen and oxygen atoms in total. The van der Waals surface area contributed by atoms with E-state index in [0.29, 0.717) is 23.2 Å². The van der Waals surface area contributed by atoms with Crippen molar-refractivity contribution in [2.75, 3.05) is 0 Å². The lowest BCUT2D eigenvalue weighted by Gasteiger charge is -2.04. The fourth-order valence-electron chi connectivity index (χ4n) is 2.25. The summed E-state index contributed by atoms with van der Waals surface area (Å²) >= 11 is 6.17. The fraction of sp³-hybridized carbons (Fsp3) is 0.250. The van der Waals surface area contributed by atoms with Gasteiger partial charge in [0.05, 0.1) is 11.2 Å². The Morgan fingerprint density at radius 3 is 2.90 bits per heavy atom. The van der Waals surface area contributed by atoms with E-state index in [-0.39, 0.29) is 0 Å². The molecular formula is C16H16ClN3O. The van der Waals surface area contributed by atoms with Gasteiger partial charge in [-0.05, 0) is 18.6 Å². The molecule has 0 aliphatic carbocycles. The zero-order valence-corrected chi connectivity index (χ0v) is 12.5. The Morgan fingerprint density at radius 2 is 2.10 bits per heavy atom. The van der Waals surface area contributed by atoms with Crippen LogP contribution in [0.2, 0.25) is 5.02 Å². The third kappa shape index (κ3) is 3.00. The third-order valence-corrected chi connectivity index (χ3v) is 3.60. The Balaban J connectivity index is 1.82. The molecule has 3 aromatic rings. The lowest BCUT2D eigenvalue weighted by atomic mass is 10.2. The van der Waals surface area contributed by atoms with Gasteiger partial charge in [0.1, 0.15) is 12.4 Å². The highest BCUT2D eigenvalue weighted by molar-refractivity contribution is 6.33. The molecule has 0 aliphatic heterocycles. The maximum atomic E-state index is 6.17. The van der Waals surface area contributed by atoms with Crippen molar-refractivity contribution in [2.24, 2.45) is 0 Å². The van der Waals surface area contributed by atoms with Crippen LogP contribution in [-0.2, 0) is 13.0 Å². The molecule has 3 rings (SSSR count). The van der Waals surface area contributed by atoms with Crippen LogP contribution in [0.5, 0.6) is 0 Å². The molecule has 0 atom stereocenters. The van der Waals surface area contributed by atoms with Gasteiger partial charge in [0.15, 0.2) is 5.76 Å². The number of aromatic nitrogens is 3. The summed E-state index contributed by atoms with van der Waals surface area (Å²) in [5.74, 6) is 2.39. The second kappa shape index (κ2) is 6.14. The number of nitrogens with zero attached hydrogens (tertiary/aromatic N) is 3. The summed E-state index contributed by atoms with van der Waals surface area (Å²) in [6.45, 7) is 2.72. The van der Waals surface area contributed by atoms with Crippen molar-refractivity contribution in [1.29, 1.82) is 0 Å². The van der Waals surface area contributed by atoms with Crippen LogP contribution in [0, 0.1) is 0 Å². The molecule has 0 fully saturated rings. The van der Waals surface area contributed by atoms with Crippen molar-refractivity contribution >= 4 is 11.6 Å². The maximum absolute atomic E-state index is 6.17. The molecule has 0 bridgehead atoms. The highest BCUT2D eigenvalue weighted by atomic mass is 35.5. The van der Waals surface area contributed by atoms with E-state index < -0.39 is 0 Å². The molecule has 1 aromatic carbocycles. The van der Waals surface area contributed by atoms with E-state index in [1.807, 2.05) is 36.7 Å². The largest absolute Gasteiger partial charge is 0.439 e. The number of imidazole rings is 1. The Labute approximate surface area is 128 Å². The van der Waals surface area contributed by atoms with Gasteiger partial charge in [-0.2, -0.15) is 0 Å². The monoisotopic (exact) mass is 301 g/mol. The molecule has 0 amide bonds. The zero-order valence-electron chi connectivity index (χ0n) is 11.8. The molecule has 21 heavy (non-hydrogen) atoms. The van der Waals surface area contributed by atoms with Crippen LogP contribution in [0.1, 0.15) is 25.1 Å². The van der Waals surface area contributed by atoms with E-state index in [1.54, 1.807) is 6.20 Å². The molecule has 0 aliphatic rings. The van der Waals surface area contributed by atoms with Gasteiger partial charge in [0, 0.05) is 24.4 Å². The first-order chi connectivity index (χ1) is 10.3. The topological polar surface area (TPSA) is 43.9 Å². The Kier molecular flexibility index (Phi) is 4.06. The first-order valence-corrected chi connectivity index (χ1v) is 7.35. The van der Waals surface area contributed by atoms with Gasteiger partial charge in [-0.25, -0.2) is 9.97 Å².